The first kappa shape index (κ1) is 17.2. The van der Waals surface area contributed by atoms with Crippen molar-refractivity contribution in [3.8, 4) is 5.75 Å². The quantitative estimate of drug-likeness (QED) is 0.898. The molecule has 3 unspecified atom stereocenters. The molecule has 1 aromatic rings. The lowest BCUT2D eigenvalue weighted by Gasteiger charge is -2.34. The Morgan fingerprint density at radius 1 is 1.38 bits per heavy atom. The second-order valence-electron chi connectivity index (χ2n) is 7.09. The van der Waals surface area contributed by atoms with Crippen molar-refractivity contribution < 1.29 is 19.4 Å². The number of likely N-dealkylation sites (tertiary alicyclic amines) is 1. The maximum atomic E-state index is 11.2. The normalized spacial score (nSPS) is 26.0. The average Bonchev–Trinajstić information content (AvgIpc) is 2.84. The van der Waals surface area contributed by atoms with Crippen LogP contribution in [0.5, 0.6) is 5.75 Å². The van der Waals surface area contributed by atoms with Crippen molar-refractivity contribution in [1.29, 1.82) is 0 Å². The molecule has 1 aromatic carbocycles. The molecule has 2 aliphatic rings. The third-order valence-electron chi connectivity index (χ3n) is 5.55. The number of hydrogen-bond acceptors (Lipinski definition) is 4. The molecule has 1 fully saturated rings. The van der Waals surface area contributed by atoms with E-state index >= 15 is 0 Å². The van der Waals surface area contributed by atoms with Crippen LogP contribution in [0.25, 0.3) is 0 Å². The molecule has 1 N–H and O–H groups in total. The number of ether oxygens (including phenoxy) is 2. The highest BCUT2D eigenvalue weighted by Gasteiger charge is 2.32. The number of rotatable bonds is 5. The monoisotopic (exact) mass is 333 g/mol. The molecular weight excluding hydrogens is 306 g/mol. The number of carbonyl (C=O) groups is 1. The number of methoxy groups -OCH3 is 1. The molecular formula is C19H27NO4. The Labute approximate surface area is 143 Å². The van der Waals surface area contributed by atoms with Gasteiger partial charge in [0, 0.05) is 25.1 Å². The van der Waals surface area contributed by atoms with Gasteiger partial charge in [-0.3, -0.25) is 4.90 Å². The molecule has 2 heterocycles. The van der Waals surface area contributed by atoms with Crippen molar-refractivity contribution in [2.24, 2.45) is 5.92 Å². The average molecular weight is 333 g/mol. The van der Waals surface area contributed by atoms with Gasteiger partial charge in [-0.2, -0.15) is 0 Å². The number of carboxylic acid groups (broad SMARTS) is 1. The summed E-state index contributed by atoms with van der Waals surface area (Å²) in [7, 11) is 1.49. The number of benzene rings is 1. The van der Waals surface area contributed by atoms with Gasteiger partial charge >= 0.3 is 5.97 Å². The highest BCUT2D eigenvalue weighted by atomic mass is 16.5. The first-order chi connectivity index (χ1) is 11.5. The Balaban J connectivity index is 1.58. The molecule has 24 heavy (non-hydrogen) atoms. The summed E-state index contributed by atoms with van der Waals surface area (Å²) < 4.78 is 11.0. The van der Waals surface area contributed by atoms with Crippen LogP contribution < -0.4 is 4.74 Å². The maximum absolute atomic E-state index is 11.2. The van der Waals surface area contributed by atoms with Crippen LogP contribution in [0, 0.1) is 5.92 Å². The van der Waals surface area contributed by atoms with Gasteiger partial charge in [0.15, 0.2) is 6.10 Å². The van der Waals surface area contributed by atoms with Crippen molar-refractivity contribution >= 4 is 5.97 Å². The molecule has 1 saturated heterocycles. The zero-order valence-electron chi connectivity index (χ0n) is 14.7. The van der Waals surface area contributed by atoms with E-state index in [1.54, 1.807) is 0 Å². The minimum Gasteiger partial charge on any atom is -0.490 e. The maximum Gasteiger partial charge on any atom is 0.333 e. The van der Waals surface area contributed by atoms with Gasteiger partial charge in [-0.25, -0.2) is 4.79 Å². The molecule has 5 nitrogen and oxygen atoms in total. The molecule has 0 spiro atoms. The van der Waals surface area contributed by atoms with Gasteiger partial charge in [0.25, 0.3) is 0 Å². The van der Waals surface area contributed by atoms with Crippen molar-refractivity contribution in [3.05, 3.63) is 29.3 Å². The predicted octanol–water partition coefficient (Wildman–Crippen LogP) is 2.88. The van der Waals surface area contributed by atoms with E-state index in [-0.39, 0.29) is 12.0 Å². The Hall–Kier alpha value is -1.59. The third-order valence-corrected chi connectivity index (χ3v) is 5.55. The van der Waals surface area contributed by atoms with Crippen LogP contribution in [-0.4, -0.2) is 48.4 Å². The summed E-state index contributed by atoms with van der Waals surface area (Å²) >= 11 is 0. The molecule has 3 rings (SSSR count). The number of aliphatic carboxylic acids is 1. The Bertz CT molecular complexity index is 595. The number of piperidine rings is 1. The van der Waals surface area contributed by atoms with Gasteiger partial charge in [0.2, 0.25) is 0 Å². The molecule has 0 saturated carbocycles. The summed E-state index contributed by atoms with van der Waals surface area (Å²) in [5.74, 6) is 0.710. The first-order valence-electron chi connectivity index (χ1n) is 8.77. The fraction of sp³-hybridized carbons (Fsp3) is 0.632. The number of carboxylic acids is 1. The van der Waals surface area contributed by atoms with Crippen LogP contribution >= 0.6 is 0 Å². The molecule has 132 valence electrons. The number of fused-ring (bicyclic) bond motifs is 1. The molecule has 0 bridgehead atoms. The van der Waals surface area contributed by atoms with Gasteiger partial charge in [0.1, 0.15) is 11.9 Å². The zero-order chi connectivity index (χ0) is 17.3. The lowest BCUT2D eigenvalue weighted by molar-refractivity contribution is -0.153. The van der Waals surface area contributed by atoms with E-state index in [1.807, 2.05) is 0 Å². The van der Waals surface area contributed by atoms with E-state index in [0.29, 0.717) is 5.92 Å². The molecule has 5 heteroatoms. The van der Waals surface area contributed by atoms with Crippen LogP contribution in [0.15, 0.2) is 18.2 Å². The second kappa shape index (κ2) is 7.11. The smallest absolute Gasteiger partial charge is 0.333 e. The second-order valence-corrected chi connectivity index (χ2v) is 7.09. The van der Waals surface area contributed by atoms with Gasteiger partial charge in [-0.05, 0) is 50.4 Å². The molecule has 3 atom stereocenters. The summed E-state index contributed by atoms with van der Waals surface area (Å²) in [6, 6.07) is 6.50. The van der Waals surface area contributed by atoms with Gasteiger partial charge < -0.3 is 14.6 Å². The van der Waals surface area contributed by atoms with Gasteiger partial charge in [-0.1, -0.05) is 19.1 Å². The third kappa shape index (κ3) is 3.42. The Morgan fingerprint density at radius 3 is 2.71 bits per heavy atom. The topological polar surface area (TPSA) is 59.0 Å². The van der Waals surface area contributed by atoms with Crippen LogP contribution in [0.4, 0.5) is 0 Å². The first-order valence-corrected chi connectivity index (χ1v) is 8.77. The largest absolute Gasteiger partial charge is 0.490 e. The molecule has 0 radical (unpaired) electrons. The van der Waals surface area contributed by atoms with Crippen molar-refractivity contribution in [1.82, 2.24) is 4.90 Å². The minimum absolute atomic E-state index is 0.109. The van der Waals surface area contributed by atoms with E-state index in [2.05, 4.69) is 36.9 Å². The molecule has 0 amide bonds. The fourth-order valence-electron chi connectivity index (χ4n) is 3.88. The zero-order valence-corrected chi connectivity index (χ0v) is 14.7. The Kier molecular flexibility index (Phi) is 5.11. The standard InChI is InChI=1S/C19H27NO4/c1-12-13(2)24-17-5-4-14(10-16(12)17)11-20-8-6-15(7-9-20)18(23-3)19(21)22/h4-5,10,12-13,15,18H,6-9,11H2,1-3H3,(H,21,22). The Morgan fingerprint density at radius 2 is 2.08 bits per heavy atom. The predicted molar refractivity (Wildman–Crippen MR) is 91.4 cm³/mol. The lowest BCUT2D eigenvalue weighted by atomic mass is 9.90. The fourth-order valence-corrected chi connectivity index (χ4v) is 3.88. The highest BCUT2D eigenvalue weighted by molar-refractivity contribution is 5.72. The van der Waals surface area contributed by atoms with Crippen molar-refractivity contribution in [2.45, 2.75) is 51.4 Å². The van der Waals surface area contributed by atoms with Crippen LogP contribution in [-0.2, 0) is 16.1 Å². The minimum atomic E-state index is -0.849. The van der Waals surface area contributed by atoms with E-state index < -0.39 is 12.1 Å². The van der Waals surface area contributed by atoms with Gasteiger partial charge in [-0.15, -0.1) is 0 Å². The van der Waals surface area contributed by atoms with Crippen LogP contribution in [0.3, 0.4) is 0 Å². The van der Waals surface area contributed by atoms with E-state index in [9.17, 15) is 9.90 Å². The summed E-state index contributed by atoms with van der Waals surface area (Å²) in [6.45, 7) is 7.06. The SMILES string of the molecule is COC(C(=O)O)C1CCN(Cc2ccc3c(c2)C(C)C(C)O3)CC1. The van der Waals surface area contributed by atoms with Crippen LogP contribution in [0.1, 0.15) is 43.7 Å². The van der Waals surface area contributed by atoms with Crippen molar-refractivity contribution in [3.63, 3.8) is 0 Å². The summed E-state index contributed by atoms with van der Waals surface area (Å²) in [5.41, 5.74) is 2.61. The summed E-state index contributed by atoms with van der Waals surface area (Å²) in [6.07, 6.45) is 1.30. The number of hydrogen-bond donors (Lipinski definition) is 1. The highest BCUT2D eigenvalue weighted by Crippen LogP contribution is 2.38. The van der Waals surface area contributed by atoms with E-state index in [4.69, 9.17) is 9.47 Å². The van der Waals surface area contributed by atoms with Crippen molar-refractivity contribution in [2.75, 3.05) is 20.2 Å². The van der Waals surface area contributed by atoms with E-state index in [0.717, 1.165) is 38.2 Å². The molecule has 2 aliphatic heterocycles. The molecule has 0 aliphatic carbocycles. The molecule has 0 aromatic heterocycles. The summed E-state index contributed by atoms with van der Waals surface area (Å²) in [4.78, 5) is 13.6. The summed E-state index contributed by atoms with van der Waals surface area (Å²) in [5, 5.41) is 9.21. The lowest BCUT2D eigenvalue weighted by Crippen LogP contribution is -2.41. The van der Waals surface area contributed by atoms with Gasteiger partial charge in [0.05, 0.1) is 0 Å². The number of nitrogens with zero attached hydrogens (tertiary/aromatic N) is 1. The van der Waals surface area contributed by atoms with Crippen LogP contribution in [0.2, 0.25) is 0 Å². The van der Waals surface area contributed by atoms with E-state index in [1.165, 1.54) is 18.2 Å².